The largest absolute Gasteiger partial charge is 0.485 e. The summed E-state index contributed by atoms with van der Waals surface area (Å²) in [7, 11) is 0. The summed E-state index contributed by atoms with van der Waals surface area (Å²) >= 11 is 5.83. The fourth-order valence-corrected chi connectivity index (χ4v) is 2.15. The van der Waals surface area contributed by atoms with Crippen LogP contribution in [0, 0.1) is 0 Å². The average molecular weight is 340 g/mol. The molecule has 0 spiro atoms. The number of rotatable bonds is 5. The second-order valence-electron chi connectivity index (χ2n) is 4.96. The van der Waals surface area contributed by atoms with Crippen LogP contribution in [0.4, 0.5) is 5.82 Å². The number of halogens is 1. The van der Waals surface area contributed by atoms with E-state index in [1.165, 1.54) is 0 Å². The molecular weight excluding hydrogens is 326 g/mol. The molecule has 2 aromatic heterocycles. The summed E-state index contributed by atoms with van der Waals surface area (Å²) in [5, 5.41) is 3.33. The van der Waals surface area contributed by atoms with Gasteiger partial charge in [0.15, 0.2) is 11.6 Å². The lowest BCUT2D eigenvalue weighted by atomic mass is 10.2. The molecule has 0 saturated heterocycles. The third-order valence-corrected chi connectivity index (χ3v) is 3.50. The van der Waals surface area contributed by atoms with Crippen LogP contribution in [-0.4, -0.2) is 15.9 Å². The molecule has 0 aliphatic carbocycles. The van der Waals surface area contributed by atoms with Crippen molar-refractivity contribution in [2.24, 2.45) is 0 Å². The molecule has 1 aromatic carbocycles. The molecular formula is C18H14ClN3O2. The minimum Gasteiger partial charge on any atom is -0.485 e. The second-order valence-corrected chi connectivity index (χ2v) is 5.39. The van der Waals surface area contributed by atoms with E-state index in [-0.39, 0.29) is 5.91 Å². The van der Waals surface area contributed by atoms with Gasteiger partial charge in [0.2, 0.25) is 0 Å². The van der Waals surface area contributed by atoms with Gasteiger partial charge >= 0.3 is 0 Å². The summed E-state index contributed by atoms with van der Waals surface area (Å²) in [6.45, 7) is 0.359. The number of carbonyl (C=O) groups is 1. The van der Waals surface area contributed by atoms with Gasteiger partial charge < -0.3 is 10.1 Å². The number of anilines is 1. The molecule has 2 heterocycles. The lowest BCUT2D eigenvalue weighted by Crippen LogP contribution is -2.14. The van der Waals surface area contributed by atoms with Crippen molar-refractivity contribution in [1.29, 1.82) is 0 Å². The number of hydrogen-bond donors (Lipinski definition) is 1. The van der Waals surface area contributed by atoms with Gasteiger partial charge in [0, 0.05) is 29.2 Å². The zero-order valence-electron chi connectivity index (χ0n) is 12.6. The van der Waals surface area contributed by atoms with Crippen LogP contribution >= 0.6 is 11.6 Å². The Kier molecular flexibility index (Phi) is 5.03. The van der Waals surface area contributed by atoms with Gasteiger partial charge in [-0.25, -0.2) is 4.98 Å². The van der Waals surface area contributed by atoms with Crippen LogP contribution in [0.3, 0.4) is 0 Å². The third-order valence-electron chi connectivity index (χ3n) is 3.25. The van der Waals surface area contributed by atoms with Crippen LogP contribution in [0.25, 0.3) is 0 Å². The Bertz CT molecular complexity index is 823. The SMILES string of the molecule is O=C(Nc1ncccc1OCc1ccncc1)c1ccc(Cl)cc1. The molecule has 3 rings (SSSR count). The van der Waals surface area contributed by atoms with E-state index in [0.29, 0.717) is 28.8 Å². The number of nitrogens with one attached hydrogen (secondary N) is 1. The van der Waals surface area contributed by atoms with Crippen molar-refractivity contribution >= 4 is 23.3 Å². The van der Waals surface area contributed by atoms with Crippen molar-refractivity contribution in [2.45, 2.75) is 6.61 Å². The Morgan fingerprint density at radius 1 is 1.04 bits per heavy atom. The highest BCUT2D eigenvalue weighted by Crippen LogP contribution is 2.23. The standard InChI is InChI=1S/C18H14ClN3O2/c19-15-5-3-14(4-6-15)18(23)22-17-16(2-1-9-21-17)24-12-13-7-10-20-11-8-13/h1-11H,12H2,(H,21,22,23). The van der Waals surface area contributed by atoms with Gasteiger partial charge in [-0.05, 0) is 54.1 Å². The van der Waals surface area contributed by atoms with Crippen molar-refractivity contribution in [3.05, 3.63) is 83.3 Å². The molecule has 6 heteroatoms. The number of amides is 1. The van der Waals surface area contributed by atoms with Crippen LogP contribution in [0.2, 0.25) is 5.02 Å². The van der Waals surface area contributed by atoms with Gasteiger partial charge in [-0.15, -0.1) is 0 Å². The van der Waals surface area contributed by atoms with E-state index < -0.39 is 0 Å². The number of aromatic nitrogens is 2. The monoisotopic (exact) mass is 339 g/mol. The molecule has 0 fully saturated rings. The molecule has 0 aliphatic rings. The molecule has 0 saturated carbocycles. The maximum Gasteiger partial charge on any atom is 0.256 e. The Morgan fingerprint density at radius 2 is 1.79 bits per heavy atom. The average Bonchev–Trinajstić information content (AvgIpc) is 2.62. The molecule has 0 radical (unpaired) electrons. The van der Waals surface area contributed by atoms with E-state index in [4.69, 9.17) is 16.3 Å². The summed E-state index contributed by atoms with van der Waals surface area (Å²) < 4.78 is 5.75. The van der Waals surface area contributed by atoms with Gasteiger partial charge in [-0.2, -0.15) is 0 Å². The summed E-state index contributed by atoms with van der Waals surface area (Å²) in [5.41, 5.74) is 1.47. The van der Waals surface area contributed by atoms with Gasteiger partial charge in [0.1, 0.15) is 6.61 Å². The molecule has 0 bridgehead atoms. The quantitative estimate of drug-likeness (QED) is 0.764. The van der Waals surface area contributed by atoms with E-state index in [0.717, 1.165) is 5.56 Å². The number of nitrogens with zero attached hydrogens (tertiary/aromatic N) is 2. The maximum atomic E-state index is 12.3. The fraction of sp³-hybridized carbons (Fsp3) is 0.0556. The highest BCUT2D eigenvalue weighted by atomic mass is 35.5. The second kappa shape index (κ2) is 7.57. The number of carbonyl (C=O) groups excluding carboxylic acids is 1. The van der Waals surface area contributed by atoms with Crippen LogP contribution in [-0.2, 0) is 6.61 Å². The van der Waals surface area contributed by atoms with E-state index in [2.05, 4.69) is 15.3 Å². The zero-order valence-corrected chi connectivity index (χ0v) is 13.4. The first kappa shape index (κ1) is 16.0. The van der Waals surface area contributed by atoms with Crippen LogP contribution in [0.1, 0.15) is 15.9 Å². The minimum absolute atomic E-state index is 0.279. The lowest BCUT2D eigenvalue weighted by Gasteiger charge is -2.11. The first-order valence-corrected chi connectivity index (χ1v) is 7.64. The van der Waals surface area contributed by atoms with Crippen molar-refractivity contribution in [2.75, 3.05) is 5.32 Å². The van der Waals surface area contributed by atoms with Crippen molar-refractivity contribution < 1.29 is 9.53 Å². The Hall–Kier alpha value is -2.92. The van der Waals surface area contributed by atoms with E-state index in [1.807, 2.05) is 12.1 Å². The van der Waals surface area contributed by atoms with E-state index in [1.54, 1.807) is 55.0 Å². The van der Waals surface area contributed by atoms with Crippen LogP contribution in [0.15, 0.2) is 67.1 Å². The lowest BCUT2D eigenvalue weighted by molar-refractivity contribution is 0.102. The molecule has 5 nitrogen and oxygen atoms in total. The molecule has 0 unspecified atom stereocenters. The molecule has 1 amide bonds. The number of hydrogen-bond acceptors (Lipinski definition) is 4. The predicted octanol–water partition coefficient (Wildman–Crippen LogP) is 3.96. The van der Waals surface area contributed by atoms with Crippen LogP contribution < -0.4 is 10.1 Å². The smallest absolute Gasteiger partial charge is 0.256 e. The zero-order chi connectivity index (χ0) is 16.8. The Balaban J connectivity index is 1.71. The molecule has 120 valence electrons. The predicted molar refractivity (Wildman–Crippen MR) is 92.2 cm³/mol. The normalized spacial score (nSPS) is 10.2. The van der Waals surface area contributed by atoms with E-state index in [9.17, 15) is 4.79 Å². The fourth-order valence-electron chi connectivity index (χ4n) is 2.02. The van der Waals surface area contributed by atoms with Crippen molar-refractivity contribution in [3.8, 4) is 5.75 Å². The minimum atomic E-state index is -0.279. The number of benzene rings is 1. The third kappa shape index (κ3) is 4.08. The molecule has 3 aromatic rings. The topological polar surface area (TPSA) is 64.1 Å². The summed E-state index contributed by atoms with van der Waals surface area (Å²) in [6.07, 6.45) is 4.99. The first-order valence-electron chi connectivity index (χ1n) is 7.26. The number of pyridine rings is 2. The summed E-state index contributed by atoms with van der Waals surface area (Å²) in [4.78, 5) is 20.4. The summed E-state index contributed by atoms with van der Waals surface area (Å²) in [5.74, 6) is 0.585. The summed E-state index contributed by atoms with van der Waals surface area (Å²) in [6, 6.07) is 13.9. The van der Waals surface area contributed by atoms with E-state index >= 15 is 0 Å². The molecule has 0 aliphatic heterocycles. The molecule has 0 atom stereocenters. The highest BCUT2D eigenvalue weighted by molar-refractivity contribution is 6.30. The van der Waals surface area contributed by atoms with Crippen molar-refractivity contribution in [1.82, 2.24) is 9.97 Å². The first-order chi connectivity index (χ1) is 11.7. The molecule has 1 N–H and O–H groups in total. The molecule has 24 heavy (non-hydrogen) atoms. The van der Waals surface area contributed by atoms with Gasteiger partial charge in [-0.1, -0.05) is 11.6 Å². The van der Waals surface area contributed by atoms with Gasteiger partial charge in [0.25, 0.3) is 5.91 Å². The Morgan fingerprint density at radius 3 is 2.54 bits per heavy atom. The van der Waals surface area contributed by atoms with Crippen LogP contribution in [0.5, 0.6) is 5.75 Å². The van der Waals surface area contributed by atoms with Crippen molar-refractivity contribution in [3.63, 3.8) is 0 Å². The number of ether oxygens (including phenoxy) is 1. The van der Waals surface area contributed by atoms with Gasteiger partial charge in [0.05, 0.1) is 0 Å². The Labute approximate surface area is 144 Å². The van der Waals surface area contributed by atoms with Gasteiger partial charge in [-0.3, -0.25) is 9.78 Å². The maximum absolute atomic E-state index is 12.3. The highest BCUT2D eigenvalue weighted by Gasteiger charge is 2.11.